The minimum Gasteiger partial charge on any atom is -0.316 e. The first kappa shape index (κ1) is 14.8. The summed E-state index contributed by atoms with van der Waals surface area (Å²) in [5, 5.41) is 4.37. The molecule has 1 aromatic carbocycles. The molecule has 1 aliphatic carbocycles. The van der Waals surface area contributed by atoms with Crippen molar-refractivity contribution in [2.75, 3.05) is 19.9 Å². The topological polar surface area (TPSA) is 19.7 Å². The van der Waals surface area contributed by atoms with Crippen LogP contribution in [0.1, 0.15) is 37.7 Å². The van der Waals surface area contributed by atoms with Crippen LogP contribution in [0.25, 0.3) is 0 Å². The Bertz CT molecular complexity index is 456. The lowest BCUT2D eigenvalue weighted by atomic mass is 9.94. The van der Waals surface area contributed by atoms with E-state index < -0.39 is 0 Å². The summed E-state index contributed by atoms with van der Waals surface area (Å²) in [6.07, 6.45) is 8.08. The molecule has 4 heteroatoms. The number of thiocarbonyl (C=S) groups is 1. The van der Waals surface area contributed by atoms with Gasteiger partial charge >= 0.3 is 0 Å². The number of rotatable bonds is 4. The lowest BCUT2D eigenvalue weighted by Crippen LogP contribution is -3.20. The maximum atomic E-state index is 5.50. The van der Waals surface area contributed by atoms with Crippen molar-refractivity contribution in [3.05, 3.63) is 35.9 Å². The Morgan fingerprint density at radius 2 is 1.90 bits per heavy atom. The average Bonchev–Trinajstić information content (AvgIpc) is 2.56. The first-order chi connectivity index (χ1) is 10.3. The molecule has 1 saturated carbocycles. The van der Waals surface area contributed by atoms with E-state index >= 15 is 0 Å². The molecule has 1 unspecified atom stereocenters. The molecule has 2 aliphatic rings. The quantitative estimate of drug-likeness (QED) is 0.824. The van der Waals surface area contributed by atoms with E-state index in [0.717, 1.165) is 37.5 Å². The predicted molar refractivity (Wildman–Crippen MR) is 90.2 cm³/mol. The van der Waals surface area contributed by atoms with Gasteiger partial charge in [0.1, 0.15) is 0 Å². The van der Waals surface area contributed by atoms with Crippen LogP contribution in [-0.2, 0) is 6.42 Å². The molecule has 1 atom stereocenters. The van der Waals surface area contributed by atoms with Crippen molar-refractivity contribution in [3.8, 4) is 0 Å². The van der Waals surface area contributed by atoms with Crippen molar-refractivity contribution in [3.63, 3.8) is 0 Å². The molecule has 0 radical (unpaired) electrons. The van der Waals surface area contributed by atoms with Crippen LogP contribution in [0.4, 0.5) is 0 Å². The fraction of sp³-hybridized carbons (Fsp3) is 0.588. The zero-order chi connectivity index (χ0) is 14.5. The molecule has 3 rings (SSSR count). The molecule has 0 spiro atoms. The van der Waals surface area contributed by atoms with Crippen molar-refractivity contribution in [2.24, 2.45) is 0 Å². The third kappa shape index (κ3) is 3.95. The standard InChI is InChI=1S/C17H25N3S/c21-17-18-13-20(16-9-5-2-6-10-16)14-19(17)12-11-15-7-3-1-4-8-15/h1,3-4,7-8,16H,2,5-6,9-14H2,(H,18,21)/p+1. The summed E-state index contributed by atoms with van der Waals surface area (Å²) in [4.78, 5) is 4.03. The lowest BCUT2D eigenvalue weighted by Gasteiger charge is -2.40. The Morgan fingerprint density at radius 3 is 2.67 bits per heavy atom. The Morgan fingerprint density at radius 1 is 1.14 bits per heavy atom. The van der Waals surface area contributed by atoms with E-state index in [9.17, 15) is 0 Å². The van der Waals surface area contributed by atoms with E-state index in [0.29, 0.717) is 0 Å². The monoisotopic (exact) mass is 304 g/mol. The van der Waals surface area contributed by atoms with Crippen LogP contribution in [-0.4, -0.2) is 35.9 Å². The highest BCUT2D eigenvalue weighted by Crippen LogP contribution is 2.15. The van der Waals surface area contributed by atoms with E-state index in [4.69, 9.17) is 12.2 Å². The molecule has 0 aromatic heterocycles. The smallest absolute Gasteiger partial charge is 0.177 e. The van der Waals surface area contributed by atoms with Gasteiger partial charge in [0.25, 0.3) is 0 Å². The third-order valence-corrected chi connectivity index (χ3v) is 5.25. The van der Waals surface area contributed by atoms with Gasteiger partial charge in [-0.05, 0) is 49.9 Å². The molecule has 1 heterocycles. The third-order valence-electron chi connectivity index (χ3n) is 4.84. The normalized spacial score (nSPS) is 23.9. The molecule has 1 aliphatic heterocycles. The van der Waals surface area contributed by atoms with E-state index in [1.807, 2.05) is 0 Å². The van der Waals surface area contributed by atoms with E-state index in [-0.39, 0.29) is 0 Å². The second kappa shape index (κ2) is 7.23. The van der Waals surface area contributed by atoms with Crippen LogP contribution in [0, 0.1) is 0 Å². The van der Waals surface area contributed by atoms with E-state index in [1.165, 1.54) is 37.7 Å². The Kier molecular flexibility index (Phi) is 5.09. The maximum absolute atomic E-state index is 5.50. The zero-order valence-corrected chi connectivity index (χ0v) is 13.5. The minimum atomic E-state index is 0.827. The number of hydrogen-bond donors (Lipinski definition) is 2. The summed E-state index contributed by atoms with van der Waals surface area (Å²) < 4.78 is 0. The molecular formula is C17H26N3S+. The highest BCUT2D eigenvalue weighted by molar-refractivity contribution is 7.80. The highest BCUT2D eigenvalue weighted by atomic mass is 32.1. The zero-order valence-electron chi connectivity index (χ0n) is 12.7. The molecule has 0 bridgehead atoms. The van der Waals surface area contributed by atoms with E-state index in [2.05, 4.69) is 40.5 Å². The molecule has 2 fully saturated rings. The Hall–Kier alpha value is -1.13. The second-order valence-electron chi connectivity index (χ2n) is 6.31. The number of hydrogen-bond acceptors (Lipinski definition) is 1. The molecule has 114 valence electrons. The fourth-order valence-electron chi connectivity index (χ4n) is 3.55. The van der Waals surface area contributed by atoms with Gasteiger partial charge in [-0.2, -0.15) is 0 Å². The minimum absolute atomic E-state index is 0.827. The number of quaternary nitrogens is 1. The molecule has 0 amide bonds. The average molecular weight is 304 g/mol. The van der Waals surface area contributed by atoms with Crippen molar-refractivity contribution >= 4 is 17.3 Å². The molecule has 1 aromatic rings. The van der Waals surface area contributed by atoms with Crippen LogP contribution >= 0.6 is 12.2 Å². The van der Waals surface area contributed by atoms with Gasteiger partial charge in [0.2, 0.25) is 0 Å². The fourth-order valence-corrected chi connectivity index (χ4v) is 3.78. The van der Waals surface area contributed by atoms with Crippen molar-refractivity contribution in [2.45, 2.75) is 44.6 Å². The van der Waals surface area contributed by atoms with Gasteiger partial charge in [-0.25, -0.2) is 0 Å². The lowest BCUT2D eigenvalue weighted by molar-refractivity contribution is -0.940. The van der Waals surface area contributed by atoms with Crippen molar-refractivity contribution < 1.29 is 4.90 Å². The predicted octanol–water partition coefficient (Wildman–Crippen LogP) is 1.55. The SMILES string of the molecule is S=C1NC[NH+](C2CCCCC2)CN1CCc1ccccc1. The van der Waals surface area contributed by atoms with Crippen LogP contribution in [0.2, 0.25) is 0 Å². The Labute approximate surface area is 133 Å². The van der Waals surface area contributed by atoms with Gasteiger partial charge in [-0.15, -0.1) is 0 Å². The van der Waals surface area contributed by atoms with Gasteiger partial charge in [0, 0.05) is 6.54 Å². The molecule has 2 N–H and O–H groups in total. The Balaban J connectivity index is 1.54. The summed E-state index contributed by atoms with van der Waals surface area (Å²) in [6.45, 7) is 3.10. The van der Waals surface area contributed by atoms with Crippen LogP contribution in [0.15, 0.2) is 30.3 Å². The molecular weight excluding hydrogens is 278 g/mol. The highest BCUT2D eigenvalue weighted by Gasteiger charge is 2.30. The second-order valence-corrected chi connectivity index (χ2v) is 6.70. The maximum Gasteiger partial charge on any atom is 0.177 e. The van der Waals surface area contributed by atoms with Gasteiger partial charge in [-0.1, -0.05) is 36.8 Å². The first-order valence-electron chi connectivity index (χ1n) is 8.24. The van der Waals surface area contributed by atoms with Crippen LogP contribution < -0.4 is 10.2 Å². The van der Waals surface area contributed by atoms with Gasteiger partial charge in [-0.3, -0.25) is 4.90 Å². The number of nitrogens with zero attached hydrogens (tertiary/aromatic N) is 1. The van der Waals surface area contributed by atoms with Gasteiger partial charge in [0.05, 0.1) is 6.04 Å². The number of benzene rings is 1. The largest absolute Gasteiger partial charge is 0.316 e. The molecule has 1 saturated heterocycles. The summed E-state index contributed by atoms with van der Waals surface area (Å²) in [6, 6.07) is 11.5. The first-order valence-corrected chi connectivity index (χ1v) is 8.65. The molecule has 3 nitrogen and oxygen atoms in total. The summed E-state index contributed by atoms with van der Waals surface area (Å²) in [5.41, 5.74) is 1.39. The summed E-state index contributed by atoms with van der Waals surface area (Å²) in [7, 11) is 0. The van der Waals surface area contributed by atoms with Gasteiger partial charge < -0.3 is 10.2 Å². The molecule has 21 heavy (non-hydrogen) atoms. The summed E-state index contributed by atoms with van der Waals surface area (Å²) >= 11 is 5.50. The summed E-state index contributed by atoms with van der Waals surface area (Å²) in [5.74, 6) is 0. The van der Waals surface area contributed by atoms with Crippen LogP contribution in [0.5, 0.6) is 0 Å². The number of nitrogens with one attached hydrogen (secondary N) is 2. The van der Waals surface area contributed by atoms with Crippen molar-refractivity contribution in [1.82, 2.24) is 10.2 Å². The van der Waals surface area contributed by atoms with E-state index in [1.54, 1.807) is 4.90 Å². The van der Waals surface area contributed by atoms with Gasteiger partial charge in [0.15, 0.2) is 18.4 Å². The van der Waals surface area contributed by atoms with Crippen LogP contribution in [0.3, 0.4) is 0 Å². The van der Waals surface area contributed by atoms with Crippen molar-refractivity contribution in [1.29, 1.82) is 0 Å².